The predicted molar refractivity (Wildman–Crippen MR) is 94.0 cm³/mol. The Morgan fingerprint density at radius 1 is 0.739 bits per heavy atom. The second kappa shape index (κ2) is 13.3. The molecule has 3 nitrogen and oxygen atoms in total. The summed E-state index contributed by atoms with van der Waals surface area (Å²) >= 11 is 0. The third-order valence-electron chi connectivity index (χ3n) is 4.53. The van der Waals surface area contributed by atoms with Crippen LogP contribution < -0.4 is 0 Å². The summed E-state index contributed by atoms with van der Waals surface area (Å²) in [5.74, 6) is -1.26. The van der Waals surface area contributed by atoms with Crippen molar-refractivity contribution in [3.8, 4) is 0 Å². The monoisotopic (exact) mass is 322 g/mol. The van der Waals surface area contributed by atoms with E-state index in [1.165, 1.54) is 77.0 Å². The lowest BCUT2D eigenvalue weighted by molar-refractivity contribution is -0.183. The van der Waals surface area contributed by atoms with Gasteiger partial charge in [-0.1, -0.05) is 89.7 Å². The molecule has 0 radical (unpaired) electrons. The van der Waals surface area contributed by atoms with Crippen LogP contribution in [0.3, 0.4) is 0 Å². The van der Waals surface area contributed by atoms with Crippen LogP contribution in [0.4, 0.5) is 0 Å². The van der Waals surface area contributed by atoms with Crippen molar-refractivity contribution >= 4 is 11.9 Å². The standard InChI is InChI=1S/C20H34O3/c1-2-3-4-5-6-7-8-9-10-11-12-13-14-15-16-17-18-19(21)23-20(18)22/h15-16,18H,2-14,17H2,1H3/b16-15+. The average Bonchev–Trinajstić information content (AvgIpc) is 2.54. The molecular formula is C20H34O3. The van der Waals surface area contributed by atoms with Crippen LogP contribution in [-0.2, 0) is 14.3 Å². The van der Waals surface area contributed by atoms with Crippen LogP contribution in [0, 0.1) is 5.92 Å². The van der Waals surface area contributed by atoms with Gasteiger partial charge in [0.15, 0.2) is 5.92 Å². The van der Waals surface area contributed by atoms with Gasteiger partial charge in [0.05, 0.1) is 0 Å². The minimum atomic E-state index is -0.520. The molecule has 0 N–H and O–H groups in total. The third-order valence-corrected chi connectivity index (χ3v) is 4.53. The molecule has 1 heterocycles. The van der Waals surface area contributed by atoms with Crippen molar-refractivity contribution in [1.82, 2.24) is 0 Å². The highest BCUT2D eigenvalue weighted by Crippen LogP contribution is 2.19. The molecule has 132 valence electrons. The van der Waals surface area contributed by atoms with Crippen LogP contribution in [0.2, 0.25) is 0 Å². The lowest BCUT2D eigenvalue weighted by Gasteiger charge is -2.19. The van der Waals surface area contributed by atoms with Gasteiger partial charge in [0.1, 0.15) is 0 Å². The van der Waals surface area contributed by atoms with Gasteiger partial charge in [0, 0.05) is 0 Å². The summed E-state index contributed by atoms with van der Waals surface area (Å²) in [4.78, 5) is 21.9. The molecule has 0 aliphatic carbocycles. The Morgan fingerprint density at radius 3 is 1.70 bits per heavy atom. The first-order valence-electron chi connectivity index (χ1n) is 9.66. The molecule has 1 saturated heterocycles. The highest BCUT2D eigenvalue weighted by atomic mass is 16.6. The molecule has 0 unspecified atom stereocenters. The fraction of sp³-hybridized carbons (Fsp3) is 0.800. The molecule has 0 aromatic heterocycles. The second-order valence-electron chi connectivity index (χ2n) is 6.68. The smallest absolute Gasteiger partial charge is 0.328 e. The SMILES string of the molecule is CCCCCCCCCCCCCC/C=C/CC1C(=O)OC1=O. The van der Waals surface area contributed by atoms with Gasteiger partial charge < -0.3 is 4.74 Å². The maximum atomic E-state index is 10.9. The van der Waals surface area contributed by atoms with Crippen molar-refractivity contribution in [2.45, 2.75) is 96.8 Å². The predicted octanol–water partition coefficient (Wildman–Crippen LogP) is 5.72. The van der Waals surface area contributed by atoms with E-state index < -0.39 is 5.92 Å². The Labute approximate surface area is 141 Å². The quantitative estimate of drug-likeness (QED) is 0.167. The van der Waals surface area contributed by atoms with Crippen LogP contribution in [0.15, 0.2) is 12.2 Å². The van der Waals surface area contributed by atoms with Crippen LogP contribution in [-0.4, -0.2) is 11.9 Å². The summed E-state index contributed by atoms with van der Waals surface area (Å²) in [6, 6.07) is 0. The minimum Gasteiger partial charge on any atom is -0.392 e. The number of cyclic esters (lactones) is 2. The van der Waals surface area contributed by atoms with Gasteiger partial charge in [-0.25, -0.2) is 0 Å². The lowest BCUT2D eigenvalue weighted by Crippen LogP contribution is -2.40. The van der Waals surface area contributed by atoms with E-state index in [2.05, 4.69) is 17.7 Å². The van der Waals surface area contributed by atoms with Gasteiger partial charge in [-0.15, -0.1) is 0 Å². The number of unbranched alkanes of at least 4 members (excludes halogenated alkanes) is 12. The van der Waals surface area contributed by atoms with E-state index in [-0.39, 0.29) is 11.9 Å². The van der Waals surface area contributed by atoms with E-state index in [1.807, 2.05) is 6.08 Å². The Kier molecular flexibility index (Phi) is 11.5. The topological polar surface area (TPSA) is 43.4 Å². The van der Waals surface area contributed by atoms with Crippen LogP contribution in [0.1, 0.15) is 96.8 Å². The fourth-order valence-electron chi connectivity index (χ4n) is 2.93. The van der Waals surface area contributed by atoms with E-state index in [0.717, 1.165) is 6.42 Å². The first kappa shape index (κ1) is 19.9. The van der Waals surface area contributed by atoms with E-state index in [9.17, 15) is 9.59 Å². The van der Waals surface area contributed by atoms with Crippen molar-refractivity contribution in [3.63, 3.8) is 0 Å². The van der Waals surface area contributed by atoms with Gasteiger partial charge in [-0.05, 0) is 19.3 Å². The van der Waals surface area contributed by atoms with Gasteiger partial charge in [0.2, 0.25) is 0 Å². The zero-order valence-corrected chi connectivity index (χ0v) is 14.9. The molecule has 1 aliphatic rings. The molecule has 1 rings (SSSR count). The fourth-order valence-corrected chi connectivity index (χ4v) is 2.93. The summed E-state index contributed by atoms with van der Waals surface area (Å²) in [5.41, 5.74) is 0. The molecule has 0 aromatic carbocycles. The maximum absolute atomic E-state index is 10.9. The first-order chi connectivity index (χ1) is 11.3. The van der Waals surface area contributed by atoms with Crippen LogP contribution >= 0.6 is 0 Å². The average molecular weight is 322 g/mol. The summed E-state index contributed by atoms with van der Waals surface area (Å²) in [5, 5.41) is 0. The number of hydrogen-bond donors (Lipinski definition) is 0. The van der Waals surface area contributed by atoms with Crippen molar-refractivity contribution in [3.05, 3.63) is 12.2 Å². The molecule has 0 bridgehead atoms. The lowest BCUT2D eigenvalue weighted by atomic mass is 10.0. The second-order valence-corrected chi connectivity index (χ2v) is 6.68. The summed E-state index contributed by atoms with van der Waals surface area (Å²) in [6.07, 6.45) is 22.0. The van der Waals surface area contributed by atoms with E-state index >= 15 is 0 Å². The van der Waals surface area contributed by atoms with Crippen molar-refractivity contribution < 1.29 is 14.3 Å². The number of esters is 2. The normalized spacial score (nSPS) is 15.2. The number of carbonyl (C=O) groups excluding carboxylic acids is 2. The third kappa shape index (κ3) is 9.58. The van der Waals surface area contributed by atoms with E-state index in [4.69, 9.17) is 0 Å². The maximum Gasteiger partial charge on any atom is 0.328 e. The summed E-state index contributed by atoms with van der Waals surface area (Å²) < 4.78 is 4.31. The number of hydrogen-bond acceptors (Lipinski definition) is 3. The van der Waals surface area contributed by atoms with Crippen LogP contribution in [0.25, 0.3) is 0 Å². The molecule has 0 aromatic rings. The number of rotatable bonds is 15. The highest BCUT2D eigenvalue weighted by Gasteiger charge is 2.40. The molecule has 0 saturated carbocycles. The molecule has 0 spiro atoms. The van der Waals surface area contributed by atoms with Gasteiger partial charge in [0.25, 0.3) is 0 Å². The molecule has 0 amide bonds. The zero-order valence-electron chi connectivity index (χ0n) is 14.9. The number of ether oxygens (including phenoxy) is 1. The molecular weight excluding hydrogens is 288 g/mol. The largest absolute Gasteiger partial charge is 0.392 e. The zero-order chi connectivity index (χ0) is 16.8. The number of carbonyl (C=O) groups is 2. The van der Waals surface area contributed by atoms with E-state index in [0.29, 0.717) is 6.42 Å². The van der Waals surface area contributed by atoms with Crippen molar-refractivity contribution in [2.24, 2.45) is 5.92 Å². The molecule has 1 aliphatic heterocycles. The van der Waals surface area contributed by atoms with Gasteiger partial charge in [-0.3, -0.25) is 9.59 Å². The summed E-state index contributed by atoms with van der Waals surface area (Å²) in [6.45, 7) is 2.26. The highest BCUT2D eigenvalue weighted by molar-refractivity contribution is 6.09. The molecule has 3 heteroatoms. The minimum absolute atomic E-state index is 0.370. The molecule has 1 fully saturated rings. The van der Waals surface area contributed by atoms with Crippen LogP contribution in [0.5, 0.6) is 0 Å². The summed E-state index contributed by atoms with van der Waals surface area (Å²) in [7, 11) is 0. The van der Waals surface area contributed by atoms with Gasteiger partial charge in [-0.2, -0.15) is 0 Å². The Bertz CT molecular complexity index is 346. The van der Waals surface area contributed by atoms with Crippen molar-refractivity contribution in [2.75, 3.05) is 0 Å². The number of allylic oxidation sites excluding steroid dienone is 2. The Balaban J connectivity index is 1.76. The first-order valence-corrected chi connectivity index (χ1v) is 9.66. The van der Waals surface area contributed by atoms with Gasteiger partial charge >= 0.3 is 11.9 Å². The molecule has 23 heavy (non-hydrogen) atoms. The Morgan fingerprint density at radius 2 is 1.22 bits per heavy atom. The van der Waals surface area contributed by atoms with E-state index in [1.54, 1.807) is 0 Å². The Hall–Kier alpha value is -1.12. The molecule has 0 atom stereocenters. The van der Waals surface area contributed by atoms with Crippen molar-refractivity contribution in [1.29, 1.82) is 0 Å².